The number of hydrogen-bond acceptors (Lipinski definition) is 4. The molecule has 0 aromatic rings. The second-order valence-corrected chi connectivity index (χ2v) is 1.57. The number of hydrogen-bond donors (Lipinski definition) is 4. The summed E-state index contributed by atoms with van der Waals surface area (Å²) in [5, 5.41) is 32.5. The van der Waals surface area contributed by atoms with E-state index >= 15 is 0 Å². The Morgan fingerprint density at radius 3 is 1.18 bits per heavy atom. The van der Waals surface area contributed by atoms with Gasteiger partial charge in [-0.1, -0.05) is 0 Å². The first kappa shape index (κ1) is 13.4. The Morgan fingerprint density at radius 2 is 1.09 bits per heavy atom. The first-order valence-corrected chi connectivity index (χ1v) is 2.28. The van der Waals surface area contributed by atoms with Crippen molar-refractivity contribution in [3.63, 3.8) is 0 Å². The summed E-state index contributed by atoms with van der Waals surface area (Å²) in [6.07, 6.45) is -4.53. The van der Waals surface area contributed by atoms with Crippen LogP contribution in [0.3, 0.4) is 0 Å². The molecule has 0 aromatic carbocycles. The molecular weight excluding hydrogens is 256 g/mol. The van der Waals surface area contributed by atoms with Crippen LogP contribution in [0.5, 0.6) is 0 Å². The molecule has 0 aliphatic carbocycles. The average molecular weight is 262 g/mol. The quantitative estimate of drug-likeness (QED) is 0.432. The summed E-state index contributed by atoms with van der Waals surface area (Å²) < 4.78 is 0. The summed E-state index contributed by atoms with van der Waals surface area (Å²) in [6, 6.07) is 0. The maximum absolute atomic E-state index is 9.77. The fourth-order valence-electron chi connectivity index (χ4n) is 0.270. The van der Waals surface area contributed by atoms with Crippen LogP contribution in [0, 0.1) is 0 Å². The van der Waals surface area contributed by atoms with Crippen LogP contribution in [0.25, 0.3) is 0 Å². The van der Waals surface area contributed by atoms with Crippen LogP contribution < -0.4 is 0 Å². The van der Waals surface area contributed by atoms with Gasteiger partial charge < -0.3 is 20.4 Å². The van der Waals surface area contributed by atoms with Crippen molar-refractivity contribution in [2.45, 2.75) is 12.2 Å². The minimum absolute atomic E-state index is 0. The molecule has 0 aliphatic rings. The van der Waals surface area contributed by atoms with Gasteiger partial charge in [0.1, 0.15) is 0 Å². The zero-order valence-electron chi connectivity index (χ0n) is 5.47. The molecule has 0 aliphatic heterocycles. The van der Waals surface area contributed by atoms with Gasteiger partial charge in [0.2, 0.25) is 0 Å². The van der Waals surface area contributed by atoms with Crippen LogP contribution in [0.2, 0.25) is 0 Å². The molecule has 0 saturated carbocycles. The third kappa shape index (κ3) is 4.27. The molecule has 4 N–H and O–H groups in total. The second kappa shape index (κ2) is 5.43. The standard InChI is InChI=1S/C4H6O6.Cd/c5-1(3(7)8)2(6)4(9)10;/h1-2,5-6H,(H,7,8)(H,9,10);/t1-,2-;/m0./s1. The van der Waals surface area contributed by atoms with Gasteiger partial charge in [0, 0.05) is 27.3 Å². The Hall–Kier alpha value is -0.218. The molecule has 0 unspecified atom stereocenters. The number of rotatable bonds is 3. The SMILES string of the molecule is O=C(O)[C@@H](O)[C@H](O)C(=O)O.[Cd]. The van der Waals surface area contributed by atoms with Crippen LogP contribution >= 0.6 is 0 Å². The Kier molecular flexibility index (Phi) is 6.61. The van der Waals surface area contributed by atoms with Crippen molar-refractivity contribution in [3.8, 4) is 0 Å². The molecule has 11 heavy (non-hydrogen) atoms. The number of aliphatic carboxylic acids is 2. The fourth-order valence-corrected chi connectivity index (χ4v) is 0.270. The summed E-state index contributed by atoms with van der Waals surface area (Å²) in [4.78, 5) is 19.5. The molecule has 0 heterocycles. The monoisotopic (exact) mass is 264 g/mol. The van der Waals surface area contributed by atoms with Gasteiger partial charge in [-0.2, -0.15) is 0 Å². The Labute approximate surface area is 81.6 Å². The van der Waals surface area contributed by atoms with E-state index in [1.807, 2.05) is 0 Å². The third-order valence-electron chi connectivity index (χ3n) is 0.805. The van der Waals surface area contributed by atoms with Gasteiger partial charge in [-0.15, -0.1) is 0 Å². The van der Waals surface area contributed by atoms with E-state index in [0.717, 1.165) is 0 Å². The first-order chi connectivity index (χ1) is 4.46. The molecule has 0 saturated heterocycles. The van der Waals surface area contributed by atoms with Crippen molar-refractivity contribution < 1.29 is 57.3 Å². The predicted octanol–water partition coefficient (Wildman–Crippen LogP) is -2.13. The maximum atomic E-state index is 9.77. The van der Waals surface area contributed by atoms with Crippen molar-refractivity contribution in [3.05, 3.63) is 0 Å². The minimum atomic E-state index is -2.27. The van der Waals surface area contributed by atoms with Crippen LogP contribution in [0.15, 0.2) is 0 Å². The number of carbonyl (C=O) groups is 2. The molecule has 6 nitrogen and oxygen atoms in total. The first-order valence-electron chi connectivity index (χ1n) is 2.28. The van der Waals surface area contributed by atoms with Crippen LogP contribution in [-0.4, -0.2) is 44.6 Å². The van der Waals surface area contributed by atoms with E-state index in [-0.39, 0.29) is 27.3 Å². The summed E-state index contributed by atoms with van der Waals surface area (Å²) >= 11 is 0. The molecule has 0 amide bonds. The third-order valence-corrected chi connectivity index (χ3v) is 0.805. The second-order valence-electron chi connectivity index (χ2n) is 1.57. The van der Waals surface area contributed by atoms with Crippen LogP contribution in [-0.2, 0) is 36.9 Å². The van der Waals surface area contributed by atoms with Crippen molar-refractivity contribution >= 4 is 11.9 Å². The zero-order chi connectivity index (χ0) is 8.31. The van der Waals surface area contributed by atoms with E-state index in [4.69, 9.17) is 20.4 Å². The number of carboxylic acids is 2. The molecule has 0 radical (unpaired) electrons. The number of aliphatic hydroxyl groups excluding tert-OH is 2. The van der Waals surface area contributed by atoms with E-state index < -0.39 is 24.1 Å². The molecule has 2 atom stereocenters. The van der Waals surface area contributed by atoms with Gasteiger partial charge in [0.15, 0.2) is 12.2 Å². The van der Waals surface area contributed by atoms with E-state index in [9.17, 15) is 9.59 Å². The van der Waals surface area contributed by atoms with Gasteiger partial charge >= 0.3 is 11.9 Å². The molecule has 0 fully saturated rings. The van der Waals surface area contributed by atoms with Gasteiger partial charge in [0.05, 0.1) is 0 Å². The molecule has 0 spiro atoms. The Morgan fingerprint density at radius 1 is 0.909 bits per heavy atom. The van der Waals surface area contributed by atoms with E-state index in [2.05, 4.69) is 0 Å². The van der Waals surface area contributed by atoms with E-state index in [1.165, 1.54) is 0 Å². The molecule has 0 rings (SSSR count). The van der Waals surface area contributed by atoms with Gasteiger partial charge in [-0.3, -0.25) is 0 Å². The summed E-state index contributed by atoms with van der Waals surface area (Å²) in [5.41, 5.74) is 0. The van der Waals surface area contributed by atoms with Crippen LogP contribution in [0.1, 0.15) is 0 Å². The van der Waals surface area contributed by atoms with E-state index in [0.29, 0.717) is 0 Å². The Balaban J connectivity index is 0. The van der Waals surface area contributed by atoms with Crippen molar-refractivity contribution in [1.29, 1.82) is 0 Å². The smallest absolute Gasteiger partial charge is 0.335 e. The fraction of sp³-hybridized carbons (Fsp3) is 0.500. The van der Waals surface area contributed by atoms with Gasteiger partial charge in [-0.05, 0) is 0 Å². The summed E-state index contributed by atoms with van der Waals surface area (Å²) in [7, 11) is 0. The number of carboxylic acid groups (broad SMARTS) is 2. The largest absolute Gasteiger partial charge is 0.479 e. The summed E-state index contributed by atoms with van der Waals surface area (Å²) in [6.45, 7) is 0. The van der Waals surface area contributed by atoms with Gasteiger partial charge in [0.25, 0.3) is 0 Å². The molecule has 0 bridgehead atoms. The van der Waals surface area contributed by atoms with Crippen LogP contribution in [0.4, 0.5) is 0 Å². The van der Waals surface area contributed by atoms with Crippen molar-refractivity contribution in [1.82, 2.24) is 0 Å². The van der Waals surface area contributed by atoms with E-state index in [1.54, 1.807) is 0 Å². The number of aliphatic hydroxyl groups is 2. The average Bonchev–Trinajstić information content (AvgIpc) is 1.84. The minimum Gasteiger partial charge on any atom is -0.479 e. The maximum Gasteiger partial charge on any atom is 0.335 e. The molecule has 60 valence electrons. The van der Waals surface area contributed by atoms with Crippen molar-refractivity contribution in [2.75, 3.05) is 0 Å². The normalized spacial score (nSPS) is 14.4. The summed E-state index contributed by atoms with van der Waals surface area (Å²) in [5.74, 6) is -3.54. The Bertz CT molecular complexity index is 139. The predicted molar refractivity (Wildman–Crippen MR) is 27.3 cm³/mol. The molecular formula is C4H6CdO6. The van der Waals surface area contributed by atoms with Gasteiger partial charge in [-0.25, -0.2) is 9.59 Å². The molecule has 7 heteroatoms. The molecule has 0 aromatic heterocycles. The zero-order valence-corrected chi connectivity index (χ0v) is 9.50. The topological polar surface area (TPSA) is 115 Å². The van der Waals surface area contributed by atoms with Crippen molar-refractivity contribution in [2.24, 2.45) is 0 Å².